The van der Waals surface area contributed by atoms with Crippen LogP contribution in [0.1, 0.15) is 49.2 Å². The summed E-state index contributed by atoms with van der Waals surface area (Å²) in [6.45, 7) is 4.94. The molecule has 4 nitrogen and oxygen atoms in total. The second-order valence-corrected chi connectivity index (χ2v) is 5.83. The van der Waals surface area contributed by atoms with Gasteiger partial charge in [-0.15, -0.1) is 0 Å². The fourth-order valence-electron chi connectivity index (χ4n) is 2.50. The van der Waals surface area contributed by atoms with E-state index in [1.165, 1.54) is 0 Å². The molecule has 98 valence electrons. The normalized spacial score (nSPS) is 21.8. The Bertz CT molecular complexity index is 425. The van der Waals surface area contributed by atoms with Gasteiger partial charge in [0.15, 0.2) is 0 Å². The number of carbonyl (C=O) groups is 1. The average molecular weight is 247 g/mol. The first kappa shape index (κ1) is 13.0. The molecule has 4 heteroatoms. The van der Waals surface area contributed by atoms with E-state index in [0.29, 0.717) is 17.7 Å². The summed E-state index contributed by atoms with van der Waals surface area (Å²) in [7, 11) is 0. The fourth-order valence-corrected chi connectivity index (χ4v) is 2.50. The van der Waals surface area contributed by atoms with Crippen LogP contribution < -0.4 is 11.1 Å². The number of nitrogens with two attached hydrogens (primary N) is 1. The standard InChI is InChI=1S/C14H21N3O/c1-14(2)6-5-11(7-14)17-13(18)12-4-3-10(8-15)9-16-12/h3-4,9,11H,5-8,15H2,1-2H3,(H,17,18). The highest BCUT2D eigenvalue weighted by atomic mass is 16.1. The van der Waals surface area contributed by atoms with E-state index in [-0.39, 0.29) is 11.9 Å². The van der Waals surface area contributed by atoms with Gasteiger partial charge in [0.25, 0.3) is 5.91 Å². The summed E-state index contributed by atoms with van der Waals surface area (Å²) in [4.78, 5) is 16.1. The summed E-state index contributed by atoms with van der Waals surface area (Å²) in [5, 5.41) is 3.06. The smallest absolute Gasteiger partial charge is 0.270 e. The van der Waals surface area contributed by atoms with Crippen molar-refractivity contribution in [2.24, 2.45) is 11.1 Å². The Morgan fingerprint density at radius 2 is 2.33 bits per heavy atom. The van der Waals surface area contributed by atoms with Crippen molar-refractivity contribution in [1.29, 1.82) is 0 Å². The first-order valence-corrected chi connectivity index (χ1v) is 6.46. The summed E-state index contributed by atoms with van der Waals surface area (Å²) in [5.41, 5.74) is 7.25. The van der Waals surface area contributed by atoms with Crippen LogP contribution in [0.3, 0.4) is 0 Å². The van der Waals surface area contributed by atoms with E-state index in [1.807, 2.05) is 6.07 Å². The Kier molecular flexibility index (Phi) is 3.66. The minimum atomic E-state index is -0.0822. The summed E-state index contributed by atoms with van der Waals surface area (Å²) in [6.07, 6.45) is 4.92. The first-order valence-electron chi connectivity index (χ1n) is 6.46. The molecule has 1 amide bonds. The number of hydrogen-bond acceptors (Lipinski definition) is 3. The lowest BCUT2D eigenvalue weighted by Crippen LogP contribution is -2.34. The van der Waals surface area contributed by atoms with Crippen LogP contribution in [0.25, 0.3) is 0 Å². The largest absolute Gasteiger partial charge is 0.348 e. The molecule has 0 aliphatic heterocycles. The first-order chi connectivity index (χ1) is 8.50. The molecule has 1 heterocycles. The van der Waals surface area contributed by atoms with Crippen molar-refractivity contribution in [3.63, 3.8) is 0 Å². The van der Waals surface area contributed by atoms with E-state index in [9.17, 15) is 4.79 Å². The second-order valence-electron chi connectivity index (χ2n) is 5.83. The van der Waals surface area contributed by atoms with Gasteiger partial charge in [-0.2, -0.15) is 0 Å². The van der Waals surface area contributed by atoms with E-state index in [1.54, 1.807) is 12.3 Å². The van der Waals surface area contributed by atoms with E-state index >= 15 is 0 Å². The van der Waals surface area contributed by atoms with Crippen molar-refractivity contribution >= 4 is 5.91 Å². The third-order valence-electron chi connectivity index (χ3n) is 3.60. The van der Waals surface area contributed by atoms with Gasteiger partial charge in [0.05, 0.1) is 0 Å². The van der Waals surface area contributed by atoms with Gasteiger partial charge in [-0.05, 0) is 36.3 Å². The minimum absolute atomic E-state index is 0.0822. The highest BCUT2D eigenvalue weighted by molar-refractivity contribution is 5.92. The van der Waals surface area contributed by atoms with Crippen molar-refractivity contribution in [2.45, 2.75) is 45.7 Å². The minimum Gasteiger partial charge on any atom is -0.348 e. The molecule has 0 aromatic carbocycles. The SMILES string of the molecule is CC1(C)CCC(NC(=O)c2ccc(CN)cn2)C1. The predicted molar refractivity (Wildman–Crippen MR) is 71.0 cm³/mol. The molecule has 1 unspecified atom stereocenters. The third kappa shape index (κ3) is 3.07. The molecule has 18 heavy (non-hydrogen) atoms. The molecule has 0 saturated heterocycles. The zero-order chi connectivity index (χ0) is 13.2. The Hall–Kier alpha value is -1.42. The highest BCUT2D eigenvalue weighted by Crippen LogP contribution is 2.36. The molecule has 2 rings (SSSR count). The summed E-state index contributed by atoms with van der Waals surface area (Å²) in [6, 6.07) is 3.86. The molecule has 1 saturated carbocycles. The zero-order valence-electron chi connectivity index (χ0n) is 11.1. The third-order valence-corrected chi connectivity index (χ3v) is 3.60. The quantitative estimate of drug-likeness (QED) is 0.856. The molecular formula is C14H21N3O. The van der Waals surface area contributed by atoms with Crippen LogP contribution in [-0.4, -0.2) is 16.9 Å². The number of carbonyl (C=O) groups excluding carboxylic acids is 1. The van der Waals surface area contributed by atoms with Crippen molar-refractivity contribution in [3.8, 4) is 0 Å². The lowest BCUT2D eigenvalue weighted by atomic mass is 9.92. The maximum absolute atomic E-state index is 12.0. The molecular weight excluding hydrogens is 226 g/mol. The van der Waals surface area contributed by atoms with Gasteiger partial charge in [-0.3, -0.25) is 9.78 Å². The number of rotatable bonds is 3. The van der Waals surface area contributed by atoms with Crippen LogP contribution in [0.5, 0.6) is 0 Å². The van der Waals surface area contributed by atoms with Gasteiger partial charge < -0.3 is 11.1 Å². The van der Waals surface area contributed by atoms with E-state index in [0.717, 1.165) is 24.8 Å². The van der Waals surface area contributed by atoms with Gasteiger partial charge in [-0.1, -0.05) is 19.9 Å². The molecule has 3 N–H and O–H groups in total. The Balaban J connectivity index is 1.95. The molecule has 0 radical (unpaired) electrons. The molecule has 1 aromatic heterocycles. The lowest BCUT2D eigenvalue weighted by molar-refractivity contribution is 0.0931. The second kappa shape index (κ2) is 5.06. The number of hydrogen-bond donors (Lipinski definition) is 2. The maximum Gasteiger partial charge on any atom is 0.270 e. The number of aromatic nitrogens is 1. The van der Waals surface area contributed by atoms with E-state index in [4.69, 9.17) is 5.73 Å². The van der Waals surface area contributed by atoms with E-state index in [2.05, 4.69) is 24.1 Å². The van der Waals surface area contributed by atoms with Gasteiger partial charge in [0.2, 0.25) is 0 Å². The number of pyridine rings is 1. The Morgan fingerprint density at radius 1 is 1.56 bits per heavy atom. The van der Waals surface area contributed by atoms with E-state index < -0.39 is 0 Å². The Labute approximate surface area is 108 Å². The molecule has 0 spiro atoms. The zero-order valence-corrected chi connectivity index (χ0v) is 11.1. The van der Waals surface area contributed by atoms with Crippen LogP contribution in [0.4, 0.5) is 0 Å². The van der Waals surface area contributed by atoms with Crippen LogP contribution in [-0.2, 0) is 6.54 Å². The van der Waals surface area contributed by atoms with Crippen LogP contribution in [0, 0.1) is 5.41 Å². The van der Waals surface area contributed by atoms with Gasteiger partial charge >= 0.3 is 0 Å². The Morgan fingerprint density at radius 3 is 2.83 bits per heavy atom. The van der Waals surface area contributed by atoms with Crippen LogP contribution in [0.2, 0.25) is 0 Å². The molecule has 1 aromatic rings. The lowest BCUT2D eigenvalue weighted by Gasteiger charge is -2.17. The number of amides is 1. The molecule has 1 fully saturated rings. The molecule has 1 aliphatic carbocycles. The van der Waals surface area contributed by atoms with Crippen molar-refractivity contribution in [2.75, 3.05) is 0 Å². The number of nitrogens with one attached hydrogen (secondary N) is 1. The average Bonchev–Trinajstić information content (AvgIpc) is 2.68. The molecule has 1 aliphatic rings. The monoisotopic (exact) mass is 247 g/mol. The molecule has 1 atom stereocenters. The van der Waals surface area contributed by atoms with Gasteiger partial charge in [-0.25, -0.2) is 0 Å². The summed E-state index contributed by atoms with van der Waals surface area (Å²) in [5.74, 6) is -0.0822. The fraction of sp³-hybridized carbons (Fsp3) is 0.571. The predicted octanol–water partition coefficient (Wildman–Crippen LogP) is 1.85. The molecule has 0 bridgehead atoms. The van der Waals surface area contributed by atoms with Crippen molar-refractivity contribution in [3.05, 3.63) is 29.6 Å². The van der Waals surface area contributed by atoms with Crippen LogP contribution >= 0.6 is 0 Å². The number of nitrogens with zero attached hydrogens (tertiary/aromatic N) is 1. The van der Waals surface area contributed by atoms with Gasteiger partial charge in [0, 0.05) is 18.8 Å². The van der Waals surface area contributed by atoms with Gasteiger partial charge in [0.1, 0.15) is 5.69 Å². The topological polar surface area (TPSA) is 68.0 Å². The highest BCUT2D eigenvalue weighted by Gasteiger charge is 2.31. The van der Waals surface area contributed by atoms with Crippen LogP contribution in [0.15, 0.2) is 18.3 Å². The summed E-state index contributed by atoms with van der Waals surface area (Å²) < 4.78 is 0. The van der Waals surface area contributed by atoms with Crippen molar-refractivity contribution in [1.82, 2.24) is 10.3 Å². The van der Waals surface area contributed by atoms with Crippen molar-refractivity contribution < 1.29 is 4.79 Å². The summed E-state index contributed by atoms with van der Waals surface area (Å²) >= 11 is 0. The maximum atomic E-state index is 12.0.